The molecule has 0 saturated carbocycles. The fraction of sp³-hybridized carbons (Fsp3) is 0.500. The molecule has 1 aliphatic heterocycles. The van der Waals surface area contributed by atoms with Crippen molar-refractivity contribution in [1.82, 2.24) is 19.7 Å². The second-order valence-corrected chi connectivity index (χ2v) is 9.58. The molecule has 1 aliphatic rings. The van der Waals surface area contributed by atoms with E-state index in [4.69, 9.17) is 10.1 Å². The molecule has 0 radical (unpaired) electrons. The zero-order valence-corrected chi connectivity index (χ0v) is 19.7. The zero-order valence-electron chi connectivity index (χ0n) is 19.7. The van der Waals surface area contributed by atoms with Crippen LogP contribution in [0.5, 0.6) is 0 Å². The van der Waals surface area contributed by atoms with Crippen LogP contribution >= 0.6 is 0 Å². The number of hydrogen-bond acceptors (Lipinski definition) is 3. The number of pyridine rings is 1. The van der Waals surface area contributed by atoms with E-state index in [1.54, 1.807) is 0 Å². The molecule has 3 heterocycles. The minimum atomic E-state index is 0.268. The molecule has 0 unspecified atom stereocenters. The number of carbonyl (C=O) groups excluding carboxylic acids is 1. The number of aromatic nitrogens is 3. The van der Waals surface area contributed by atoms with Crippen molar-refractivity contribution in [2.45, 2.75) is 60.8 Å². The van der Waals surface area contributed by atoms with E-state index in [0.29, 0.717) is 18.3 Å². The van der Waals surface area contributed by atoms with Gasteiger partial charge in [-0.1, -0.05) is 31.5 Å². The third-order valence-corrected chi connectivity index (χ3v) is 6.66. The lowest BCUT2D eigenvalue weighted by atomic mass is 9.91. The molecule has 5 nitrogen and oxygen atoms in total. The fourth-order valence-electron chi connectivity index (χ4n) is 5.20. The number of aryl methyl sites for hydroxylation is 4. The Morgan fingerprint density at radius 2 is 1.65 bits per heavy atom. The quantitative estimate of drug-likeness (QED) is 0.593. The Morgan fingerprint density at radius 3 is 2.29 bits per heavy atom. The molecule has 1 fully saturated rings. The number of fused-ring (bicyclic) bond motifs is 1. The number of rotatable bonds is 4. The summed E-state index contributed by atoms with van der Waals surface area (Å²) in [7, 11) is 0. The molecule has 2 atom stereocenters. The molecule has 3 aromatic rings. The Morgan fingerprint density at radius 1 is 1.00 bits per heavy atom. The van der Waals surface area contributed by atoms with Gasteiger partial charge in [-0.25, -0.2) is 9.67 Å². The van der Waals surface area contributed by atoms with Crippen molar-refractivity contribution in [3.8, 4) is 5.69 Å². The van der Waals surface area contributed by atoms with Gasteiger partial charge in [-0.2, -0.15) is 5.10 Å². The summed E-state index contributed by atoms with van der Waals surface area (Å²) in [5, 5.41) is 5.90. The molecule has 0 aliphatic carbocycles. The number of hydrogen-bond donors (Lipinski definition) is 0. The summed E-state index contributed by atoms with van der Waals surface area (Å²) < 4.78 is 1.94. The Bertz CT molecular complexity index is 1100. The minimum absolute atomic E-state index is 0.268. The molecule has 0 bridgehead atoms. The second-order valence-electron chi connectivity index (χ2n) is 9.58. The van der Waals surface area contributed by atoms with Gasteiger partial charge < -0.3 is 4.90 Å². The molecule has 164 valence electrons. The number of likely N-dealkylation sites (tertiary alicyclic amines) is 1. The SMILES string of the molecule is Cc1ccc(-n2nc(C)c3c(C)c(CCC(=O)N4C[C@@H](C)C[C@H](C)C4)c(C)nc32)cc1. The van der Waals surface area contributed by atoms with E-state index in [0.717, 1.165) is 47.6 Å². The van der Waals surface area contributed by atoms with Crippen molar-refractivity contribution in [3.63, 3.8) is 0 Å². The standard InChI is InChI=1S/C26H34N4O/c1-16-7-9-22(10-8-16)30-26-25(21(6)28-30)19(4)23(20(5)27-26)11-12-24(31)29-14-17(2)13-18(3)15-29/h7-10,17-18H,11-15H2,1-6H3/t17-,18-/m0/s1. The predicted molar refractivity (Wildman–Crippen MR) is 126 cm³/mol. The fourth-order valence-corrected chi connectivity index (χ4v) is 5.20. The Hall–Kier alpha value is -2.69. The highest BCUT2D eigenvalue weighted by atomic mass is 16.2. The maximum absolute atomic E-state index is 12.9. The van der Waals surface area contributed by atoms with Crippen molar-refractivity contribution in [2.75, 3.05) is 13.1 Å². The van der Waals surface area contributed by atoms with Crippen LogP contribution < -0.4 is 0 Å². The van der Waals surface area contributed by atoms with E-state index in [-0.39, 0.29) is 5.91 Å². The van der Waals surface area contributed by atoms with E-state index in [2.05, 4.69) is 63.8 Å². The van der Waals surface area contributed by atoms with Crippen LogP contribution in [0.4, 0.5) is 0 Å². The molecular formula is C26H34N4O. The van der Waals surface area contributed by atoms with E-state index in [9.17, 15) is 4.79 Å². The molecule has 0 N–H and O–H groups in total. The zero-order chi connectivity index (χ0) is 22.3. The van der Waals surface area contributed by atoms with Crippen LogP contribution in [0, 0.1) is 39.5 Å². The minimum Gasteiger partial charge on any atom is -0.342 e. The first-order valence-corrected chi connectivity index (χ1v) is 11.4. The third-order valence-electron chi connectivity index (χ3n) is 6.66. The number of nitrogens with zero attached hydrogens (tertiary/aromatic N) is 4. The highest BCUT2D eigenvalue weighted by Gasteiger charge is 2.25. The molecule has 31 heavy (non-hydrogen) atoms. The van der Waals surface area contributed by atoms with Crippen molar-refractivity contribution >= 4 is 16.9 Å². The van der Waals surface area contributed by atoms with Crippen LogP contribution in [0.2, 0.25) is 0 Å². The van der Waals surface area contributed by atoms with Gasteiger partial charge in [0.2, 0.25) is 5.91 Å². The Labute approximate surface area is 185 Å². The molecule has 2 aromatic heterocycles. The average Bonchev–Trinajstić information content (AvgIpc) is 3.03. The van der Waals surface area contributed by atoms with Gasteiger partial charge in [-0.3, -0.25) is 4.79 Å². The highest BCUT2D eigenvalue weighted by Crippen LogP contribution is 2.29. The van der Waals surface area contributed by atoms with E-state index in [1.807, 2.05) is 11.6 Å². The number of benzene rings is 1. The smallest absolute Gasteiger partial charge is 0.222 e. The van der Waals surface area contributed by atoms with E-state index in [1.165, 1.54) is 23.1 Å². The summed E-state index contributed by atoms with van der Waals surface area (Å²) in [5.41, 5.74) is 7.49. The predicted octanol–water partition coefficient (Wildman–Crippen LogP) is 5.09. The van der Waals surface area contributed by atoms with E-state index < -0.39 is 0 Å². The van der Waals surface area contributed by atoms with Crippen LogP contribution in [0.1, 0.15) is 54.8 Å². The number of carbonyl (C=O) groups is 1. The molecule has 4 rings (SSSR count). The summed E-state index contributed by atoms with van der Waals surface area (Å²) >= 11 is 0. The van der Waals surface area contributed by atoms with Gasteiger partial charge >= 0.3 is 0 Å². The first kappa shape index (κ1) is 21.5. The maximum Gasteiger partial charge on any atom is 0.222 e. The molecule has 1 saturated heterocycles. The average molecular weight is 419 g/mol. The van der Waals surface area contributed by atoms with Gasteiger partial charge in [0.15, 0.2) is 5.65 Å². The maximum atomic E-state index is 12.9. The van der Waals surface area contributed by atoms with Crippen LogP contribution in [0.15, 0.2) is 24.3 Å². The lowest BCUT2D eigenvalue weighted by Gasteiger charge is -2.35. The highest BCUT2D eigenvalue weighted by molar-refractivity contribution is 5.85. The number of piperidine rings is 1. The summed E-state index contributed by atoms with van der Waals surface area (Å²) in [5.74, 6) is 1.44. The molecule has 0 spiro atoms. The summed E-state index contributed by atoms with van der Waals surface area (Å²) in [4.78, 5) is 19.9. The first-order valence-electron chi connectivity index (χ1n) is 11.4. The van der Waals surface area contributed by atoms with Gasteiger partial charge in [0.1, 0.15) is 0 Å². The molecule has 1 amide bonds. The number of amides is 1. The van der Waals surface area contributed by atoms with Crippen molar-refractivity contribution in [1.29, 1.82) is 0 Å². The van der Waals surface area contributed by atoms with Crippen LogP contribution in [-0.2, 0) is 11.2 Å². The summed E-state index contributed by atoms with van der Waals surface area (Å²) in [6.07, 6.45) is 2.49. The van der Waals surface area contributed by atoms with Crippen molar-refractivity contribution < 1.29 is 4.79 Å². The molecular weight excluding hydrogens is 384 g/mol. The molecule has 5 heteroatoms. The Kier molecular flexibility index (Phi) is 5.87. The normalized spacial score (nSPS) is 19.2. The van der Waals surface area contributed by atoms with Crippen molar-refractivity contribution in [2.24, 2.45) is 11.8 Å². The monoisotopic (exact) mass is 418 g/mol. The van der Waals surface area contributed by atoms with E-state index >= 15 is 0 Å². The topological polar surface area (TPSA) is 51.0 Å². The van der Waals surface area contributed by atoms with Gasteiger partial charge in [-0.05, 0) is 75.6 Å². The van der Waals surface area contributed by atoms with Crippen LogP contribution in [0.3, 0.4) is 0 Å². The van der Waals surface area contributed by atoms with Crippen molar-refractivity contribution in [3.05, 3.63) is 52.3 Å². The lowest BCUT2D eigenvalue weighted by Crippen LogP contribution is -2.42. The van der Waals surface area contributed by atoms with Gasteiger partial charge in [0.25, 0.3) is 0 Å². The second kappa shape index (κ2) is 8.45. The van der Waals surface area contributed by atoms with Crippen LogP contribution in [-0.4, -0.2) is 38.7 Å². The lowest BCUT2D eigenvalue weighted by molar-refractivity contribution is -0.133. The molecule has 1 aromatic carbocycles. The van der Waals surface area contributed by atoms with Gasteiger partial charge in [0, 0.05) is 30.6 Å². The third kappa shape index (κ3) is 4.23. The Balaban J connectivity index is 1.61. The largest absolute Gasteiger partial charge is 0.342 e. The van der Waals surface area contributed by atoms with Gasteiger partial charge in [-0.15, -0.1) is 0 Å². The first-order chi connectivity index (χ1) is 14.7. The summed E-state index contributed by atoms with van der Waals surface area (Å²) in [6.45, 7) is 14.6. The summed E-state index contributed by atoms with van der Waals surface area (Å²) in [6, 6.07) is 8.36. The van der Waals surface area contributed by atoms with Crippen LogP contribution in [0.25, 0.3) is 16.7 Å². The van der Waals surface area contributed by atoms with Gasteiger partial charge in [0.05, 0.1) is 11.4 Å².